The van der Waals surface area contributed by atoms with E-state index in [4.69, 9.17) is 4.74 Å². The Kier molecular flexibility index (Phi) is 5.23. The summed E-state index contributed by atoms with van der Waals surface area (Å²) in [4.78, 5) is 2.31. The first-order chi connectivity index (χ1) is 9.22. The van der Waals surface area contributed by atoms with Gasteiger partial charge < -0.3 is 15.0 Å². The number of methoxy groups -OCH3 is 1. The van der Waals surface area contributed by atoms with E-state index in [0.29, 0.717) is 6.04 Å². The summed E-state index contributed by atoms with van der Waals surface area (Å²) in [6, 6.07) is 8.83. The van der Waals surface area contributed by atoms with E-state index in [9.17, 15) is 0 Å². The van der Waals surface area contributed by atoms with Crippen LogP contribution in [0.3, 0.4) is 0 Å². The predicted octanol–water partition coefficient (Wildman–Crippen LogP) is 2.69. The first-order valence-electron chi connectivity index (χ1n) is 7.22. The molecule has 0 spiro atoms. The van der Waals surface area contributed by atoms with Gasteiger partial charge in [-0.05, 0) is 58.4 Å². The minimum atomic E-state index is 0.432. The second kappa shape index (κ2) is 6.92. The lowest BCUT2D eigenvalue weighted by molar-refractivity contribution is 0.221. The van der Waals surface area contributed by atoms with Gasteiger partial charge in [0.05, 0.1) is 7.11 Å². The Bertz CT molecular complexity index is 386. The van der Waals surface area contributed by atoms with Crippen LogP contribution in [-0.2, 0) is 0 Å². The summed E-state index contributed by atoms with van der Waals surface area (Å²) in [5.41, 5.74) is 1.31. The highest BCUT2D eigenvalue weighted by atomic mass is 16.5. The largest absolute Gasteiger partial charge is 0.496 e. The van der Waals surface area contributed by atoms with Crippen LogP contribution in [0.25, 0.3) is 0 Å². The second-order valence-corrected chi connectivity index (χ2v) is 5.67. The number of para-hydroxylation sites is 1. The van der Waals surface area contributed by atoms with Crippen molar-refractivity contribution in [3.8, 4) is 5.75 Å². The fraction of sp³-hybridized carbons (Fsp3) is 0.625. The maximum atomic E-state index is 5.52. The van der Waals surface area contributed by atoms with E-state index in [1.54, 1.807) is 7.11 Å². The smallest absolute Gasteiger partial charge is 0.123 e. The third-order valence-electron chi connectivity index (χ3n) is 4.08. The third-order valence-corrected chi connectivity index (χ3v) is 4.08. The molecule has 19 heavy (non-hydrogen) atoms. The molecule has 106 valence electrons. The zero-order valence-corrected chi connectivity index (χ0v) is 12.4. The number of piperidine rings is 1. The van der Waals surface area contributed by atoms with Crippen LogP contribution in [-0.4, -0.2) is 39.2 Å². The molecule has 3 heteroatoms. The number of benzene rings is 1. The Morgan fingerprint density at radius 3 is 2.79 bits per heavy atom. The van der Waals surface area contributed by atoms with Gasteiger partial charge in [-0.2, -0.15) is 0 Å². The Labute approximate surface area is 116 Å². The molecule has 1 fully saturated rings. The van der Waals surface area contributed by atoms with E-state index in [2.05, 4.69) is 42.5 Å². The molecule has 2 atom stereocenters. The number of nitrogens with one attached hydrogen (secondary N) is 1. The Hall–Kier alpha value is -1.06. The molecule has 0 amide bonds. The summed E-state index contributed by atoms with van der Waals surface area (Å²) in [6.07, 6.45) is 3.84. The zero-order chi connectivity index (χ0) is 13.7. The molecule has 1 aromatic carbocycles. The van der Waals surface area contributed by atoms with Crippen molar-refractivity contribution in [1.29, 1.82) is 0 Å². The van der Waals surface area contributed by atoms with Crippen molar-refractivity contribution in [2.75, 3.05) is 34.3 Å². The van der Waals surface area contributed by atoms with Gasteiger partial charge in [-0.15, -0.1) is 0 Å². The van der Waals surface area contributed by atoms with Crippen molar-refractivity contribution in [2.45, 2.75) is 25.3 Å². The second-order valence-electron chi connectivity index (χ2n) is 5.67. The predicted molar refractivity (Wildman–Crippen MR) is 79.6 cm³/mol. The minimum absolute atomic E-state index is 0.432. The average molecular weight is 262 g/mol. The highest BCUT2D eigenvalue weighted by molar-refractivity contribution is 5.35. The molecule has 0 aromatic heterocycles. The number of ether oxygens (including phenoxy) is 1. The standard InChI is InChI=1S/C16H26N2O/c1-18(2)15(11-13-7-6-10-17-12-13)14-8-4-5-9-16(14)19-3/h4-5,8-9,13,15,17H,6-7,10-12H2,1-3H3. The molecule has 3 nitrogen and oxygen atoms in total. The molecule has 1 aliphatic heterocycles. The highest BCUT2D eigenvalue weighted by Crippen LogP contribution is 2.34. The number of nitrogens with zero attached hydrogens (tertiary/aromatic N) is 1. The molecule has 0 aliphatic carbocycles. The maximum absolute atomic E-state index is 5.52. The van der Waals surface area contributed by atoms with Crippen LogP contribution >= 0.6 is 0 Å². The zero-order valence-electron chi connectivity index (χ0n) is 12.4. The summed E-state index contributed by atoms with van der Waals surface area (Å²) >= 11 is 0. The van der Waals surface area contributed by atoms with Gasteiger partial charge in [0.25, 0.3) is 0 Å². The quantitative estimate of drug-likeness (QED) is 0.883. The first-order valence-corrected chi connectivity index (χ1v) is 7.22. The molecule has 2 rings (SSSR count). The van der Waals surface area contributed by atoms with Crippen molar-refractivity contribution in [2.24, 2.45) is 5.92 Å². The number of rotatable bonds is 5. The molecular formula is C16H26N2O. The summed E-state index contributed by atoms with van der Waals surface area (Å²) in [5.74, 6) is 1.77. The fourth-order valence-corrected chi connectivity index (χ4v) is 3.00. The van der Waals surface area contributed by atoms with Gasteiger partial charge in [0, 0.05) is 11.6 Å². The van der Waals surface area contributed by atoms with Gasteiger partial charge in [-0.25, -0.2) is 0 Å². The highest BCUT2D eigenvalue weighted by Gasteiger charge is 2.23. The van der Waals surface area contributed by atoms with Crippen LogP contribution in [0.15, 0.2) is 24.3 Å². The van der Waals surface area contributed by atoms with E-state index in [0.717, 1.165) is 18.2 Å². The van der Waals surface area contributed by atoms with Crippen molar-refractivity contribution < 1.29 is 4.74 Å². The lowest BCUT2D eigenvalue weighted by Gasteiger charge is -2.32. The van der Waals surface area contributed by atoms with Crippen LogP contribution in [0, 0.1) is 5.92 Å². The fourth-order valence-electron chi connectivity index (χ4n) is 3.00. The molecule has 0 bridgehead atoms. The minimum Gasteiger partial charge on any atom is -0.496 e. The molecule has 0 radical (unpaired) electrons. The molecule has 1 heterocycles. The lowest BCUT2D eigenvalue weighted by atomic mass is 9.88. The van der Waals surface area contributed by atoms with Gasteiger partial charge in [-0.3, -0.25) is 0 Å². The summed E-state index contributed by atoms with van der Waals surface area (Å²) in [5, 5.41) is 3.51. The van der Waals surface area contributed by atoms with E-state index < -0.39 is 0 Å². The van der Waals surface area contributed by atoms with E-state index in [1.165, 1.54) is 31.4 Å². The Morgan fingerprint density at radius 1 is 1.37 bits per heavy atom. The third kappa shape index (κ3) is 3.71. The Morgan fingerprint density at radius 2 is 2.16 bits per heavy atom. The number of hydrogen-bond donors (Lipinski definition) is 1. The summed E-state index contributed by atoms with van der Waals surface area (Å²) < 4.78 is 5.52. The molecule has 1 aliphatic rings. The van der Waals surface area contributed by atoms with Gasteiger partial charge in [0.1, 0.15) is 5.75 Å². The topological polar surface area (TPSA) is 24.5 Å². The van der Waals surface area contributed by atoms with Crippen molar-refractivity contribution in [3.63, 3.8) is 0 Å². The Balaban J connectivity index is 2.14. The van der Waals surface area contributed by atoms with E-state index in [-0.39, 0.29) is 0 Å². The monoisotopic (exact) mass is 262 g/mol. The van der Waals surface area contributed by atoms with Crippen molar-refractivity contribution in [1.82, 2.24) is 10.2 Å². The molecule has 0 saturated carbocycles. The molecule has 1 saturated heterocycles. The lowest BCUT2D eigenvalue weighted by Crippen LogP contribution is -2.33. The van der Waals surface area contributed by atoms with Crippen LogP contribution in [0.5, 0.6) is 5.75 Å². The van der Waals surface area contributed by atoms with Gasteiger partial charge in [0.2, 0.25) is 0 Å². The van der Waals surface area contributed by atoms with Crippen molar-refractivity contribution in [3.05, 3.63) is 29.8 Å². The number of hydrogen-bond acceptors (Lipinski definition) is 3. The van der Waals surface area contributed by atoms with Gasteiger partial charge in [0.15, 0.2) is 0 Å². The van der Waals surface area contributed by atoms with Gasteiger partial charge in [-0.1, -0.05) is 18.2 Å². The van der Waals surface area contributed by atoms with E-state index >= 15 is 0 Å². The summed E-state index contributed by atoms with van der Waals surface area (Å²) in [7, 11) is 6.08. The first kappa shape index (κ1) is 14.4. The van der Waals surface area contributed by atoms with Crippen LogP contribution in [0.2, 0.25) is 0 Å². The molecule has 2 unspecified atom stereocenters. The molecule has 1 N–H and O–H groups in total. The van der Waals surface area contributed by atoms with Crippen molar-refractivity contribution >= 4 is 0 Å². The maximum Gasteiger partial charge on any atom is 0.123 e. The normalized spacial score (nSPS) is 21.4. The van der Waals surface area contributed by atoms with E-state index in [1.807, 2.05) is 6.07 Å². The van der Waals surface area contributed by atoms with Crippen LogP contribution in [0.4, 0.5) is 0 Å². The van der Waals surface area contributed by atoms with Crippen LogP contribution in [0.1, 0.15) is 30.9 Å². The van der Waals surface area contributed by atoms with Crippen LogP contribution < -0.4 is 10.1 Å². The van der Waals surface area contributed by atoms with Gasteiger partial charge >= 0.3 is 0 Å². The SMILES string of the molecule is COc1ccccc1C(CC1CCCNC1)N(C)C. The molecule has 1 aromatic rings. The average Bonchev–Trinajstić information content (AvgIpc) is 2.45. The summed E-state index contributed by atoms with van der Waals surface area (Å²) in [6.45, 7) is 2.33. The molecular weight excluding hydrogens is 236 g/mol.